The third kappa shape index (κ3) is 3.60. The fourth-order valence-electron chi connectivity index (χ4n) is 2.23. The Morgan fingerprint density at radius 3 is 2.87 bits per heavy atom. The van der Waals surface area contributed by atoms with E-state index in [-0.39, 0.29) is 43.3 Å². The van der Waals surface area contributed by atoms with Gasteiger partial charge in [-0.3, -0.25) is 19.5 Å². The number of H-pyrrole nitrogens is 1. The van der Waals surface area contributed by atoms with Crippen molar-refractivity contribution < 1.29 is 14.3 Å². The molecule has 0 saturated heterocycles. The van der Waals surface area contributed by atoms with E-state index in [0.29, 0.717) is 11.5 Å². The molecule has 2 aromatic rings. The number of nitrogens with one attached hydrogen (secondary N) is 2. The van der Waals surface area contributed by atoms with Crippen LogP contribution in [0.1, 0.15) is 5.56 Å². The number of amides is 1. The summed E-state index contributed by atoms with van der Waals surface area (Å²) in [6, 6.07) is 7.68. The van der Waals surface area contributed by atoms with Crippen LogP contribution >= 0.6 is 0 Å². The molecule has 3 rings (SSSR count). The molecule has 1 amide bonds. The summed E-state index contributed by atoms with van der Waals surface area (Å²) in [5, 5.41) is 5.10. The zero-order valence-electron chi connectivity index (χ0n) is 12.2. The van der Waals surface area contributed by atoms with Crippen molar-refractivity contribution in [2.45, 2.75) is 13.0 Å². The quantitative estimate of drug-likeness (QED) is 0.783. The lowest BCUT2D eigenvalue weighted by molar-refractivity contribution is -0.120. The van der Waals surface area contributed by atoms with Gasteiger partial charge in [-0.2, -0.15) is 0 Å². The van der Waals surface area contributed by atoms with Crippen LogP contribution in [-0.2, 0) is 17.8 Å². The summed E-state index contributed by atoms with van der Waals surface area (Å²) in [6.45, 7) is 0.625. The first-order valence-corrected chi connectivity index (χ1v) is 7.07. The number of nitrogens with zero attached hydrogens (tertiary/aromatic N) is 1. The third-order valence-corrected chi connectivity index (χ3v) is 3.35. The molecule has 0 aliphatic carbocycles. The van der Waals surface area contributed by atoms with Gasteiger partial charge >= 0.3 is 0 Å². The average Bonchev–Trinajstić information content (AvgIpc) is 2.98. The van der Waals surface area contributed by atoms with E-state index in [1.54, 1.807) is 18.2 Å². The lowest BCUT2D eigenvalue weighted by Crippen LogP contribution is -2.34. The summed E-state index contributed by atoms with van der Waals surface area (Å²) < 4.78 is 11.6. The molecule has 2 N–H and O–H groups in total. The first-order valence-electron chi connectivity index (χ1n) is 7.07. The Morgan fingerprint density at radius 1 is 1.17 bits per heavy atom. The molecular weight excluding hydrogens is 302 g/mol. The molecule has 0 fully saturated rings. The summed E-state index contributed by atoms with van der Waals surface area (Å²) in [5.74, 6) is 1.11. The number of fused-ring (bicyclic) bond motifs is 1. The van der Waals surface area contributed by atoms with Gasteiger partial charge < -0.3 is 14.8 Å². The normalized spacial score (nSPS) is 12.2. The summed E-state index contributed by atoms with van der Waals surface area (Å²) in [6.07, 6.45) is 0.191. The van der Waals surface area contributed by atoms with E-state index >= 15 is 0 Å². The lowest BCUT2D eigenvalue weighted by atomic mass is 10.1. The zero-order valence-corrected chi connectivity index (χ0v) is 12.2. The molecule has 8 nitrogen and oxygen atoms in total. The van der Waals surface area contributed by atoms with Crippen molar-refractivity contribution in [1.82, 2.24) is 15.1 Å². The topological polar surface area (TPSA) is 102 Å². The molecule has 1 aliphatic rings. The summed E-state index contributed by atoms with van der Waals surface area (Å²) in [5.41, 5.74) is 0.114. The van der Waals surface area contributed by atoms with E-state index in [0.717, 1.165) is 16.3 Å². The van der Waals surface area contributed by atoms with Gasteiger partial charge in [0.25, 0.3) is 11.1 Å². The van der Waals surface area contributed by atoms with Crippen LogP contribution in [0, 0.1) is 0 Å². The van der Waals surface area contributed by atoms with Crippen LogP contribution in [0.4, 0.5) is 0 Å². The number of rotatable bonds is 5. The smallest absolute Gasteiger partial charge is 0.265 e. The average molecular weight is 317 g/mol. The molecule has 8 heteroatoms. The molecule has 0 radical (unpaired) electrons. The lowest BCUT2D eigenvalue weighted by Gasteiger charge is -2.07. The summed E-state index contributed by atoms with van der Waals surface area (Å²) in [7, 11) is 0. The van der Waals surface area contributed by atoms with E-state index < -0.39 is 0 Å². The van der Waals surface area contributed by atoms with Crippen LogP contribution in [0.25, 0.3) is 0 Å². The van der Waals surface area contributed by atoms with Crippen molar-refractivity contribution in [3.8, 4) is 11.5 Å². The van der Waals surface area contributed by atoms with Gasteiger partial charge in [0.2, 0.25) is 12.7 Å². The van der Waals surface area contributed by atoms with E-state index in [4.69, 9.17) is 9.47 Å². The van der Waals surface area contributed by atoms with Gasteiger partial charge in [-0.15, -0.1) is 0 Å². The van der Waals surface area contributed by atoms with Gasteiger partial charge in [0, 0.05) is 18.7 Å². The summed E-state index contributed by atoms with van der Waals surface area (Å²) >= 11 is 0. The number of hydrogen-bond acceptors (Lipinski definition) is 5. The Bertz CT molecular complexity index is 839. The molecule has 0 spiro atoms. The Morgan fingerprint density at radius 2 is 2.00 bits per heavy atom. The third-order valence-electron chi connectivity index (χ3n) is 3.35. The van der Waals surface area contributed by atoms with E-state index in [1.807, 2.05) is 0 Å². The molecule has 1 aromatic carbocycles. The minimum Gasteiger partial charge on any atom is -0.454 e. The van der Waals surface area contributed by atoms with Gasteiger partial charge in [0.1, 0.15) is 0 Å². The Hall–Kier alpha value is -3.03. The maximum absolute atomic E-state index is 11.9. The number of carbonyl (C=O) groups excluding carboxylic acids is 1. The van der Waals surface area contributed by atoms with E-state index in [9.17, 15) is 14.4 Å². The summed E-state index contributed by atoms with van der Waals surface area (Å²) in [4.78, 5) is 34.6. The van der Waals surface area contributed by atoms with Crippen molar-refractivity contribution in [1.29, 1.82) is 0 Å². The molecule has 0 bridgehead atoms. The van der Waals surface area contributed by atoms with Crippen molar-refractivity contribution in [3.05, 3.63) is 56.6 Å². The number of aromatic nitrogens is 2. The van der Waals surface area contributed by atoms with Crippen molar-refractivity contribution >= 4 is 5.91 Å². The molecule has 0 unspecified atom stereocenters. The van der Waals surface area contributed by atoms with Crippen molar-refractivity contribution in [3.63, 3.8) is 0 Å². The largest absolute Gasteiger partial charge is 0.454 e. The monoisotopic (exact) mass is 317 g/mol. The van der Waals surface area contributed by atoms with Gasteiger partial charge in [-0.05, 0) is 17.7 Å². The Kier molecular flexibility index (Phi) is 4.13. The van der Waals surface area contributed by atoms with E-state index in [2.05, 4.69) is 10.4 Å². The standard InChI is InChI=1S/C15H15N3O5/c19-13-3-4-15(21)18(17-13)6-5-16-14(20)8-10-1-2-11-12(7-10)23-9-22-11/h1-4,7H,5-6,8-9H2,(H,16,20)(H,17,19). The minimum atomic E-state index is -0.365. The first-order chi connectivity index (χ1) is 11.1. The minimum absolute atomic E-state index is 0.185. The van der Waals surface area contributed by atoms with Crippen LogP contribution in [0.15, 0.2) is 39.9 Å². The van der Waals surface area contributed by atoms with Gasteiger partial charge in [-0.1, -0.05) is 6.07 Å². The second kappa shape index (κ2) is 6.39. The van der Waals surface area contributed by atoms with Gasteiger partial charge in [-0.25, -0.2) is 4.68 Å². The SMILES string of the molecule is O=C(Cc1ccc2c(c1)OCO2)NCCn1[nH]c(=O)ccc1=O. The van der Waals surface area contributed by atoms with Crippen molar-refractivity contribution in [2.24, 2.45) is 0 Å². The van der Waals surface area contributed by atoms with Crippen LogP contribution in [0.3, 0.4) is 0 Å². The Balaban J connectivity index is 1.53. The molecular formula is C15H15N3O5. The highest BCUT2D eigenvalue weighted by molar-refractivity contribution is 5.78. The highest BCUT2D eigenvalue weighted by Crippen LogP contribution is 2.32. The van der Waals surface area contributed by atoms with Crippen LogP contribution < -0.4 is 25.9 Å². The zero-order chi connectivity index (χ0) is 16.2. The number of aromatic amines is 1. The van der Waals surface area contributed by atoms with Crippen LogP contribution in [0.5, 0.6) is 11.5 Å². The number of ether oxygens (including phenoxy) is 2. The van der Waals surface area contributed by atoms with Crippen molar-refractivity contribution in [2.75, 3.05) is 13.3 Å². The highest BCUT2D eigenvalue weighted by atomic mass is 16.7. The number of benzene rings is 1. The Labute approximate surface area is 130 Å². The van der Waals surface area contributed by atoms with E-state index in [1.165, 1.54) is 6.07 Å². The molecule has 2 heterocycles. The highest BCUT2D eigenvalue weighted by Gasteiger charge is 2.14. The molecule has 1 aliphatic heterocycles. The maximum Gasteiger partial charge on any atom is 0.265 e. The molecule has 0 saturated carbocycles. The predicted octanol–water partition coefficient (Wildman–Crippen LogP) is -0.376. The second-order valence-corrected chi connectivity index (χ2v) is 5.01. The first kappa shape index (κ1) is 14.9. The fourth-order valence-corrected chi connectivity index (χ4v) is 2.23. The number of hydrogen-bond donors (Lipinski definition) is 2. The van der Waals surface area contributed by atoms with Crippen LogP contribution in [-0.4, -0.2) is 29.0 Å². The molecule has 23 heavy (non-hydrogen) atoms. The van der Waals surface area contributed by atoms with Gasteiger partial charge in [0.05, 0.1) is 13.0 Å². The predicted molar refractivity (Wildman–Crippen MR) is 80.6 cm³/mol. The second-order valence-electron chi connectivity index (χ2n) is 5.01. The maximum atomic E-state index is 11.9. The molecule has 120 valence electrons. The van der Waals surface area contributed by atoms with Gasteiger partial charge in [0.15, 0.2) is 11.5 Å². The molecule has 1 aromatic heterocycles. The number of carbonyl (C=O) groups is 1. The fraction of sp³-hybridized carbons (Fsp3) is 0.267. The molecule has 0 atom stereocenters. The van der Waals surface area contributed by atoms with Crippen LogP contribution in [0.2, 0.25) is 0 Å².